The highest BCUT2D eigenvalue weighted by atomic mass is 16.6. The normalized spacial score (nSPS) is 12.5. The maximum atomic E-state index is 13.4. The minimum Gasteiger partial charge on any atom is -0.466 e. The number of rotatable bonds is 11. The molecule has 2 unspecified atom stereocenters. The number of carbonyl (C=O) groups excluding carboxylic acids is 4. The van der Waals surface area contributed by atoms with E-state index in [1.54, 1.807) is 45.9 Å². The number of alkyl carbamates (subject to hydrolysis) is 1. The first-order valence-corrected chi connectivity index (χ1v) is 11.6. The van der Waals surface area contributed by atoms with Crippen molar-refractivity contribution < 1.29 is 33.8 Å². The Labute approximate surface area is 211 Å². The van der Waals surface area contributed by atoms with Crippen LogP contribution in [0.25, 0.3) is 0 Å². The van der Waals surface area contributed by atoms with Gasteiger partial charge < -0.3 is 30.1 Å². The molecule has 0 saturated carbocycles. The molecule has 0 heterocycles. The van der Waals surface area contributed by atoms with Gasteiger partial charge in [-0.05, 0) is 58.2 Å². The van der Waals surface area contributed by atoms with Gasteiger partial charge >= 0.3 is 12.1 Å². The number of esters is 1. The van der Waals surface area contributed by atoms with E-state index in [1.165, 1.54) is 0 Å². The Morgan fingerprint density at radius 3 is 2.36 bits per heavy atom. The summed E-state index contributed by atoms with van der Waals surface area (Å²) in [5.41, 5.74) is 1.38. The largest absolute Gasteiger partial charge is 0.466 e. The molecule has 0 aliphatic heterocycles. The van der Waals surface area contributed by atoms with Crippen molar-refractivity contribution in [3.8, 4) is 6.07 Å². The number of benzene rings is 1. The number of aliphatic hydroxyl groups is 1. The summed E-state index contributed by atoms with van der Waals surface area (Å²) in [4.78, 5) is 51.5. The first-order chi connectivity index (χ1) is 16.8. The third-order valence-electron chi connectivity index (χ3n) is 5.04. The van der Waals surface area contributed by atoms with Gasteiger partial charge in [0.15, 0.2) is 0 Å². The molecule has 0 aromatic heterocycles. The van der Waals surface area contributed by atoms with Gasteiger partial charge in [0.1, 0.15) is 24.2 Å². The predicted molar refractivity (Wildman–Crippen MR) is 130 cm³/mol. The van der Waals surface area contributed by atoms with E-state index in [4.69, 9.17) is 9.47 Å². The molecule has 1 rings (SSSR count). The van der Waals surface area contributed by atoms with E-state index in [2.05, 4.69) is 10.6 Å². The number of nitriles is 1. The molecule has 0 saturated heterocycles. The van der Waals surface area contributed by atoms with Crippen molar-refractivity contribution in [2.45, 2.75) is 65.6 Å². The molecule has 36 heavy (non-hydrogen) atoms. The highest BCUT2D eigenvalue weighted by molar-refractivity contribution is 5.92. The first kappa shape index (κ1) is 30.4. The fraction of sp³-hybridized carbons (Fsp3) is 0.560. The van der Waals surface area contributed by atoms with Crippen LogP contribution < -0.4 is 10.6 Å². The Hall–Kier alpha value is -3.65. The fourth-order valence-corrected chi connectivity index (χ4v) is 3.23. The van der Waals surface area contributed by atoms with Gasteiger partial charge in [-0.2, -0.15) is 5.26 Å². The number of carbonyl (C=O) groups is 4. The number of aryl methyl sites for hydroxylation is 2. The number of nitrogens with one attached hydrogen (secondary N) is 2. The standard InChI is InChI=1S/C25H36N4O7/c1-7-35-20(31)10-12-27-22(32)21(18-9-8-16(2)17(3)14-18)29(13-11-26)23(33)19(15-30)28-24(34)36-25(4,5)6/h8-9,14,19,21,30H,7,10,12-13,15H2,1-6H3,(H,27,32)(H,28,34). The lowest BCUT2D eigenvalue weighted by Crippen LogP contribution is -2.54. The average molecular weight is 505 g/mol. The molecular formula is C25H36N4O7. The summed E-state index contributed by atoms with van der Waals surface area (Å²) >= 11 is 0. The second kappa shape index (κ2) is 14.0. The maximum Gasteiger partial charge on any atom is 0.408 e. The minimum absolute atomic E-state index is 0.0484. The van der Waals surface area contributed by atoms with Crippen molar-refractivity contribution >= 4 is 23.9 Å². The SMILES string of the molecule is CCOC(=O)CCNC(=O)C(c1ccc(C)c(C)c1)N(CC#N)C(=O)C(CO)NC(=O)OC(C)(C)C. The van der Waals surface area contributed by atoms with Crippen LogP contribution in [-0.2, 0) is 23.9 Å². The molecule has 0 aliphatic rings. The van der Waals surface area contributed by atoms with Crippen LogP contribution >= 0.6 is 0 Å². The van der Waals surface area contributed by atoms with Crippen LogP contribution in [0.3, 0.4) is 0 Å². The number of aliphatic hydroxyl groups excluding tert-OH is 1. The van der Waals surface area contributed by atoms with Gasteiger partial charge in [0.05, 0.1) is 25.7 Å². The summed E-state index contributed by atoms with van der Waals surface area (Å²) in [7, 11) is 0. The van der Waals surface area contributed by atoms with Gasteiger partial charge in [0.25, 0.3) is 0 Å². The highest BCUT2D eigenvalue weighted by Gasteiger charge is 2.36. The third-order valence-corrected chi connectivity index (χ3v) is 5.04. The molecule has 11 heteroatoms. The fourth-order valence-electron chi connectivity index (χ4n) is 3.23. The third kappa shape index (κ3) is 9.54. The van der Waals surface area contributed by atoms with Crippen molar-refractivity contribution in [3.05, 3.63) is 34.9 Å². The Morgan fingerprint density at radius 2 is 1.83 bits per heavy atom. The molecule has 0 spiro atoms. The van der Waals surface area contributed by atoms with Gasteiger partial charge in [0, 0.05) is 6.54 Å². The van der Waals surface area contributed by atoms with E-state index in [0.717, 1.165) is 16.0 Å². The quantitative estimate of drug-likeness (QED) is 0.303. The molecule has 1 aromatic rings. The number of nitrogens with zero attached hydrogens (tertiary/aromatic N) is 2. The Kier molecular flexibility index (Phi) is 11.8. The van der Waals surface area contributed by atoms with E-state index in [9.17, 15) is 29.5 Å². The lowest BCUT2D eigenvalue weighted by molar-refractivity contribution is -0.144. The van der Waals surface area contributed by atoms with Crippen LogP contribution in [-0.4, -0.2) is 71.8 Å². The number of amides is 3. The summed E-state index contributed by atoms with van der Waals surface area (Å²) in [5.74, 6) is -1.99. The van der Waals surface area contributed by atoms with Gasteiger partial charge in [-0.25, -0.2) is 4.79 Å². The predicted octanol–water partition coefficient (Wildman–Crippen LogP) is 1.65. The second-order valence-electron chi connectivity index (χ2n) is 9.10. The van der Waals surface area contributed by atoms with Gasteiger partial charge in [-0.3, -0.25) is 14.4 Å². The zero-order valence-corrected chi connectivity index (χ0v) is 21.7. The van der Waals surface area contributed by atoms with Crippen molar-refractivity contribution in [1.82, 2.24) is 15.5 Å². The van der Waals surface area contributed by atoms with Crippen LogP contribution in [0.4, 0.5) is 4.79 Å². The summed E-state index contributed by atoms with van der Waals surface area (Å²) in [6.45, 7) is 9.17. The molecule has 0 bridgehead atoms. The first-order valence-electron chi connectivity index (χ1n) is 11.6. The Bertz CT molecular complexity index is 982. The molecule has 3 amide bonds. The number of hydrogen-bond acceptors (Lipinski definition) is 8. The smallest absolute Gasteiger partial charge is 0.408 e. The van der Waals surface area contributed by atoms with Crippen molar-refractivity contribution in [2.75, 3.05) is 26.3 Å². The number of ether oxygens (including phenoxy) is 2. The minimum atomic E-state index is -1.46. The van der Waals surface area contributed by atoms with Crippen molar-refractivity contribution in [3.63, 3.8) is 0 Å². The second-order valence-corrected chi connectivity index (χ2v) is 9.10. The van der Waals surface area contributed by atoms with Crippen LogP contribution in [0.1, 0.15) is 56.8 Å². The molecule has 198 valence electrons. The summed E-state index contributed by atoms with van der Waals surface area (Å²) in [6.07, 6.45) is -1.02. The van der Waals surface area contributed by atoms with Crippen LogP contribution in [0.5, 0.6) is 0 Å². The van der Waals surface area contributed by atoms with E-state index in [1.807, 2.05) is 19.9 Å². The molecular weight excluding hydrogens is 468 g/mol. The summed E-state index contributed by atoms with van der Waals surface area (Å²) in [5, 5.41) is 24.2. The maximum absolute atomic E-state index is 13.4. The lowest BCUT2D eigenvalue weighted by atomic mass is 9.98. The van der Waals surface area contributed by atoms with Gasteiger partial charge in [-0.1, -0.05) is 18.2 Å². The van der Waals surface area contributed by atoms with E-state index in [0.29, 0.717) is 5.56 Å². The average Bonchev–Trinajstić information content (AvgIpc) is 2.78. The van der Waals surface area contributed by atoms with Crippen LogP contribution in [0.2, 0.25) is 0 Å². The van der Waals surface area contributed by atoms with E-state index >= 15 is 0 Å². The zero-order valence-electron chi connectivity index (χ0n) is 21.7. The van der Waals surface area contributed by atoms with Crippen molar-refractivity contribution in [1.29, 1.82) is 5.26 Å². The van der Waals surface area contributed by atoms with E-state index < -0.39 is 54.7 Å². The molecule has 0 radical (unpaired) electrons. The summed E-state index contributed by atoms with van der Waals surface area (Å²) < 4.78 is 10.0. The lowest BCUT2D eigenvalue weighted by Gasteiger charge is -2.32. The summed E-state index contributed by atoms with van der Waals surface area (Å²) in [6, 6.07) is 4.29. The monoisotopic (exact) mass is 504 g/mol. The van der Waals surface area contributed by atoms with Crippen molar-refractivity contribution in [2.24, 2.45) is 0 Å². The Balaban J connectivity index is 3.31. The molecule has 1 aromatic carbocycles. The van der Waals surface area contributed by atoms with E-state index in [-0.39, 0.29) is 19.6 Å². The topological polar surface area (TPSA) is 158 Å². The molecule has 0 aliphatic carbocycles. The van der Waals surface area contributed by atoms with Gasteiger partial charge in [-0.15, -0.1) is 0 Å². The highest BCUT2D eigenvalue weighted by Crippen LogP contribution is 2.24. The van der Waals surface area contributed by atoms with Crippen LogP contribution in [0.15, 0.2) is 18.2 Å². The zero-order chi connectivity index (χ0) is 27.5. The molecule has 11 nitrogen and oxygen atoms in total. The van der Waals surface area contributed by atoms with Gasteiger partial charge in [0.2, 0.25) is 11.8 Å². The molecule has 0 fully saturated rings. The van der Waals surface area contributed by atoms with Crippen LogP contribution in [0, 0.1) is 25.2 Å². The number of hydrogen-bond donors (Lipinski definition) is 3. The molecule has 3 N–H and O–H groups in total. The Morgan fingerprint density at radius 1 is 1.17 bits per heavy atom. The molecule has 2 atom stereocenters.